The Hall–Kier alpha value is -2.87. The number of anilines is 1. The van der Waals surface area contributed by atoms with E-state index in [4.69, 9.17) is 14.2 Å². The third kappa shape index (κ3) is 5.12. The average Bonchev–Trinajstić information content (AvgIpc) is 3.32. The van der Waals surface area contributed by atoms with E-state index in [1.165, 1.54) is 29.6 Å². The molecular formula is C24H27NO6S. The van der Waals surface area contributed by atoms with E-state index in [1.807, 2.05) is 18.2 Å². The third-order valence-electron chi connectivity index (χ3n) is 5.85. The van der Waals surface area contributed by atoms with Crippen LogP contribution in [0.3, 0.4) is 0 Å². The summed E-state index contributed by atoms with van der Waals surface area (Å²) in [5.41, 5.74) is 3.98. The van der Waals surface area contributed by atoms with Crippen molar-refractivity contribution in [3.05, 3.63) is 45.3 Å². The van der Waals surface area contributed by atoms with Gasteiger partial charge < -0.3 is 19.5 Å². The van der Waals surface area contributed by atoms with Crippen LogP contribution in [0.4, 0.5) is 5.00 Å². The molecule has 0 radical (unpaired) electrons. The van der Waals surface area contributed by atoms with Gasteiger partial charge in [0.2, 0.25) is 0 Å². The smallest absolute Gasteiger partial charge is 0.344 e. The van der Waals surface area contributed by atoms with Crippen molar-refractivity contribution in [3.63, 3.8) is 0 Å². The molecule has 1 heterocycles. The highest BCUT2D eigenvalue weighted by molar-refractivity contribution is 7.17. The number of aryl methyl sites for hydroxylation is 3. The number of ether oxygens (including phenoxy) is 3. The molecule has 1 aromatic heterocycles. The highest BCUT2D eigenvalue weighted by atomic mass is 32.1. The molecule has 0 unspecified atom stereocenters. The van der Waals surface area contributed by atoms with Crippen molar-refractivity contribution in [3.8, 4) is 5.75 Å². The molecule has 170 valence electrons. The van der Waals surface area contributed by atoms with Crippen LogP contribution < -0.4 is 10.1 Å². The van der Waals surface area contributed by atoms with Crippen LogP contribution in [0.25, 0.3) is 0 Å². The quantitative estimate of drug-likeness (QED) is 0.502. The van der Waals surface area contributed by atoms with Gasteiger partial charge in [0.1, 0.15) is 10.8 Å². The van der Waals surface area contributed by atoms with Crippen LogP contribution in [0.15, 0.2) is 18.2 Å². The molecule has 1 aromatic carbocycles. The minimum Gasteiger partial charge on any atom is -0.482 e. The van der Waals surface area contributed by atoms with Crippen LogP contribution >= 0.6 is 11.3 Å². The Labute approximate surface area is 191 Å². The number of rotatable bonds is 7. The molecule has 0 saturated heterocycles. The average molecular weight is 458 g/mol. The predicted octanol–water partition coefficient (Wildman–Crippen LogP) is 3.85. The molecule has 0 atom stereocenters. The van der Waals surface area contributed by atoms with Gasteiger partial charge in [0.25, 0.3) is 5.91 Å². The van der Waals surface area contributed by atoms with Crippen molar-refractivity contribution < 1.29 is 28.6 Å². The van der Waals surface area contributed by atoms with Crippen molar-refractivity contribution in [1.29, 1.82) is 0 Å². The maximum absolute atomic E-state index is 12.4. The topological polar surface area (TPSA) is 90.9 Å². The van der Waals surface area contributed by atoms with E-state index < -0.39 is 24.5 Å². The number of thiophene rings is 1. The molecule has 0 aliphatic heterocycles. The first-order valence-electron chi connectivity index (χ1n) is 11.0. The van der Waals surface area contributed by atoms with Crippen LogP contribution in [0.2, 0.25) is 0 Å². The number of amides is 1. The molecule has 1 amide bonds. The fraction of sp³-hybridized carbons (Fsp3) is 0.458. The molecule has 4 rings (SSSR count). The summed E-state index contributed by atoms with van der Waals surface area (Å²) >= 11 is 1.40. The first-order valence-corrected chi connectivity index (χ1v) is 11.8. The monoisotopic (exact) mass is 457 g/mol. The van der Waals surface area contributed by atoms with Crippen molar-refractivity contribution >= 4 is 34.2 Å². The maximum Gasteiger partial charge on any atom is 0.344 e. The number of nitrogens with one attached hydrogen (secondary N) is 1. The van der Waals surface area contributed by atoms with E-state index in [-0.39, 0.29) is 6.61 Å². The first kappa shape index (κ1) is 22.3. The molecule has 2 aliphatic rings. The Morgan fingerprint density at radius 3 is 2.62 bits per heavy atom. The zero-order chi connectivity index (χ0) is 22.5. The van der Waals surface area contributed by atoms with Gasteiger partial charge in [0.15, 0.2) is 13.2 Å². The normalized spacial score (nSPS) is 14.7. The van der Waals surface area contributed by atoms with E-state index in [0.717, 1.165) is 61.8 Å². The lowest BCUT2D eigenvalue weighted by Gasteiger charge is -2.09. The summed E-state index contributed by atoms with van der Waals surface area (Å²) in [6.45, 7) is -0.720. The molecular weight excluding hydrogens is 430 g/mol. The van der Waals surface area contributed by atoms with Crippen LogP contribution in [-0.2, 0) is 44.7 Å². The fourth-order valence-electron chi connectivity index (χ4n) is 4.28. The number of methoxy groups -OCH3 is 1. The van der Waals surface area contributed by atoms with Gasteiger partial charge in [-0.25, -0.2) is 9.59 Å². The van der Waals surface area contributed by atoms with Crippen molar-refractivity contribution in [1.82, 2.24) is 0 Å². The summed E-state index contributed by atoms with van der Waals surface area (Å²) in [4.78, 5) is 37.9. The summed E-state index contributed by atoms with van der Waals surface area (Å²) in [5, 5.41) is 3.18. The second kappa shape index (κ2) is 10.2. The molecule has 7 nitrogen and oxygen atoms in total. The molecule has 0 spiro atoms. The van der Waals surface area contributed by atoms with Gasteiger partial charge in [-0.15, -0.1) is 11.3 Å². The van der Waals surface area contributed by atoms with Gasteiger partial charge in [-0.1, -0.05) is 12.5 Å². The number of carbonyl (C=O) groups excluding carboxylic acids is 3. The molecule has 1 N–H and O–H groups in total. The van der Waals surface area contributed by atoms with Crippen LogP contribution in [0, 0.1) is 0 Å². The number of fused-ring (bicyclic) bond motifs is 2. The van der Waals surface area contributed by atoms with E-state index in [2.05, 4.69) is 5.32 Å². The number of hydrogen-bond acceptors (Lipinski definition) is 7. The Morgan fingerprint density at radius 1 is 0.969 bits per heavy atom. The van der Waals surface area contributed by atoms with Gasteiger partial charge >= 0.3 is 11.9 Å². The minimum atomic E-state index is -0.629. The lowest BCUT2D eigenvalue weighted by molar-refractivity contribution is -0.149. The molecule has 0 saturated carbocycles. The fourth-order valence-corrected chi connectivity index (χ4v) is 5.57. The number of carbonyl (C=O) groups is 3. The molecule has 8 heteroatoms. The third-order valence-corrected chi connectivity index (χ3v) is 7.06. The van der Waals surface area contributed by atoms with Gasteiger partial charge in [0.05, 0.1) is 12.7 Å². The van der Waals surface area contributed by atoms with Gasteiger partial charge in [-0.2, -0.15) is 0 Å². The number of benzene rings is 1. The summed E-state index contributed by atoms with van der Waals surface area (Å²) < 4.78 is 15.5. The lowest BCUT2D eigenvalue weighted by atomic mass is 10.1. The molecule has 0 bridgehead atoms. The first-order chi connectivity index (χ1) is 15.5. The van der Waals surface area contributed by atoms with E-state index in [1.54, 1.807) is 0 Å². The van der Waals surface area contributed by atoms with E-state index >= 15 is 0 Å². The van der Waals surface area contributed by atoms with Crippen LogP contribution in [0.1, 0.15) is 57.6 Å². The highest BCUT2D eigenvalue weighted by Gasteiger charge is 2.26. The standard InChI is InChI=1S/C24H27NO6S/c1-29-24(28)22-18-8-3-2-4-9-19(18)32-23(22)25-20(26)13-31-21(27)14-30-17-11-10-15-6-5-7-16(15)12-17/h10-12H,2-9,13-14H2,1H3,(H,25,26). The molecule has 0 fully saturated rings. The van der Waals surface area contributed by atoms with E-state index in [0.29, 0.717) is 16.3 Å². The molecule has 2 aromatic rings. The Morgan fingerprint density at radius 2 is 1.78 bits per heavy atom. The molecule has 32 heavy (non-hydrogen) atoms. The Kier molecular flexibility index (Phi) is 7.09. The number of esters is 2. The van der Waals surface area contributed by atoms with Gasteiger partial charge in [-0.3, -0.25) is 4.79 Å². The second-order valence-corrected chi connectivity index (χ2v) is 9.15. The SMILES string of the molecule is COC(=O)c1c(NC(=O)COC(=O)COc2ccc3c(c2)CCC3)sc2c1CCCCC2. The zero-order valence-corrected chi connectivity index (χ0v) is 19.0. The van der Waals surface area contributed by atoms with Crippen molar-refractivity contribution in [2.24, 2.45) is 0 Å². The highest BCUT2D eigenvalue weighted by Crippen LogP contribution is 2.38. The van der Waals surface area contributed by atoms with Crippen LogP contribution in [0.5, 0.6) is 5.75 Å². The molecule has 2 aliphatic carbocycles. The zero-order valence-electron chi connectivity index (χ0n) is 18.2. The predicted molar refractivity (Wildman–Crippen MR) is 120 cm³/mol. The minimum absolute atomic E-state index is 0.271. The van der Waals surface area contributed by atoms with Crippen LogP contribution in [-0.4, -0.2) is 38.2 Å². The van der Waals surface area contributed by atoms with Crippen molar-refractivity contribution in [2.75, 3.05) is 25.6 Å². The largest absolute Gasteiger partial charge is 0.482 e. The Bertz CT molecular complexity index is 1030. The van der Waals surface area contributed by atoms with Crippen molar-refractivity contribution in [2.45, 2.75) is 51.4 Å². The van der Waals surface area contributed by atoms with Gasteiger partial charge in [-0.05, 0) is 73.8 Å². The summed E-state index contributed by atoms with van der Waals surface area (Å²) in [6, 6.07) is 5.83. The number of hydrogen-bond donors (Lipinski definition) is 1. The summed E-state index contributed by atoms with van der Waals surface area (Å²) in [5.74, 6) is -0.970. The van der Waals surface area contributed by atoms with Gasteiger partial charge in [0, 0.05) is 4.88 Å². The summed E-state index contributed by atoms with van der Waals surface area (Å²) in [6.07, 6.45) is 8.10. The summed E-state index contributed by atoms with van der Waals surface area (Å²) in [7, 11) is 1.33. The second-order valence-electron chi connectivity index (χ2n) is 8.04. The van der Waals surface area contributed by atoms with E-state index in [9.17, 15) is 14.4 Å². The Balaban J connectivity index is 1.31. The lowest BCUT2D eigenvalue weighted by Crippen LogP contribution is -2.24. The maximum atomic E-state index is 12.4.